The molecule has 0 heterocycles. The van der Waals surface area contributed by atoms with Crippen molar-refractivity contribution in [1.82, 2.24) is 0 Å². The molecule has 26 heavy (non-hydrogen) atoms. The average molecular weight is 371 g/mol. The van der Waals surface area contributed by atoms with Crippen LogP contribution in [0.15, 0.2) is 60.7 Å². The molecule has 0 radical (unpaired) electrons. The number of carbonyl (C=O) groups excluding carboxylic acids is 2. The van der Waals surface area contributed by atoms with Crippen molar-refractivity contribution in [2.24, 2.45) is 11.8 Å². The van der Waals surface area contributed by atoms with Gasteiger partial charge in [-0.2, -0.15) is 0 Å². The summed E-state index contributed by atoms with van der Waals surface area (Å²) in [5.41, 5.74) is 1.23. The second kappa shape index (κ2) is 8.06. The highest BCUT2D eigenvalue weighted by Crippen LogP contribution is 2.29. The summed E-state index contributed by atoms with van der Waals surface area (Å²) >= 11 is 5.86. The third kappa shape index (κ3) is 4.43. The quantitative estimate of drug-likeness (QED) is 0.557. The van der Waals surface area contributed by atoms with E-state index in [1.165, 1.54) is 12.1 Å². The van der Waals surface area contributed by atoms with E-state index in [4.69, 9.17) is 11.6 Å². The number of benzene rings is 2. The van der Waals surface area contributed by atoms with E-state index in [0.717, 1.165) is 0 Å². The van der Waals surface area contributed by atoms with Crippen LogP contribution in [0.25, 0.3) is 0 Å². The lowest BCUT2D eigenvalue weighted by Crippen LogP contribution is -2.37. The molecule has 0 aliphatic heterocycles. The Bertz CT molecular complexity index is 746. The molecular weight excluding hydrogens is 352 g/mol. The van der Waals surface area contributed by atoms with Crippen molar-refractivity contribution in [2.75, 3.05) is 10.6 Å². The van der Waals surface area contributed by atoms with Crippen LogP contribution in [0.1, 0.15) is 12.8 Å². The van der Waals surface area contributed by atoms with Gasteiger partial charge in [0.25, 0.3) is 0 Å². The predicted octanol–water partition coefficient (Wildman–Crippen LogP) is 4.21. The maximum atomic E-state index is 12.7. The number of halogens is 1. The standard InChI is InChI=1S/C20H19ClN2O3/c21-13-5-7-14(8-6-13)22-19(25)17-3-1-2-4-18(17)20(26)23-15-9-11-16(24)12-10-15/h1-2,5-12,17-18,24H,3-4H2,(H,22,25)(H,23,26). The Kier molecular flexibility index (Phi) is 5.58. The SMILES string of the molecule is O=C(Nc1ccc(O)cc1)C1CC=CCC1C(=O)Nc1ccc(Cl)cc1. The minimum absolute atomic E-state index is 0.129. The fourth-order valence-corrected chi connectivity index (χ4v) is 3.07. The summed E-state index contributed by atoms with van der Waals surface area (Å²) in [6, 6.07) is 13.1. The number of hydrogen-bond donors (Lipinski definition) is 3. The molecule has 0 aromatic heterocycles. The van der Waals surface area contributed by atoms with Crippen LogP contribution in [0.2, 0.25) is 5.02 Å². The lowest BCUT2D eigenvalue weighted by Gasteiger charge is -2.26. The van der Waals surface area contributed by atoms with E-state index in [-0.39, 0.29) is 17.6 Å². The summed E-state index contributed by atoms with van der Waals surface area (Å²) in [6.45, 7) is 0. The molecule has 0 saturated heterocycles. The number of anilines is 2. The second-order valence-electron chi connectivity index (χ2n) is 6.19. The number of amides is 2. The highest BCUT2D eigenvalue weighted by molar-refractivity contribution is 6.30. The largest absolute Gasteiger partial charge is 0.508 e. The summed E-state index contributed by atoms with van der Waals surface area (Å²) in [7, 11) is 0. The molecule has 6 heteroatoms. The zero-order chi connectivity index (χ0) is 18.5. The maximum absolute atomic E-state index is 12.7. The molecule has 0 spiro atoms. The first-order chi connectivity index (χ1) is 12.5. The fourth-order valence-electron chi connectivity index (χ4n) is 2.94. The molecule has 2 amide bonds. The van der Waals surface area contributed by atoms with Crippen LogP contribution in [0.5, 0.6) is 5.75 Å². The molecule has 3 N–H and O–H groups in total. The predicted molar refractivity (Wildman–Crippen MR) is 102 cm³/mol. The number of phenolic OH excluding ortho intramolecular Hbond substituents is 1. The number of hydrogen-bond acceptors (Lipinski definition) is 3. The van der Waals surface area contributed by atoms with Gasteiger partial charge in [0.15, 0.2) is 0 Å². The monoisotopic (exact) mass is 370 g/mol. The lowest BCUT2D eigenvalue weighted by atomic mass is 9.81. The van der Waals surface area contributed by atoms with Gasteiger partial charge in [0.05, 0.1) is 11.8 Å². The summed E-state index contributed by atoms with van der Waals surface area (Å²) in [5, 5.41) is 15.6. The van der Waals surface area contributed by atoms with Crippen LogP contribution in [0.4, 0.5) is 11.4 Å². The number of phenols is 1. The van der Waals surface area contributed by atoms with Gasteiger partial charge in [-0.3, -0.25) is 9.59 Å². The average Bonchev–Trinajstić information content (AvgIpc) is 2.65. The van der Waals surface area contributed by atoms with Gasteiger partial charge in [-0.25, -0.2) is 0 Å². The van der Waals surface area contributed by atoms with Crippen molar-refractivity contribution in [1.29, 1.82) is 0 Å². The van der Waals surface area contributed by atoms with Crippen molar-refractivity contribution in [2.45, 2.75) is 12.8 Å². The molecule has 3 rings (SSSR count). The van der Waals surface area contributed by atoms with Gasteiger partial charge < -0.3 is 15.7 Å². The minimum Gasteiger partial charge on any atom is -0.508 e. The Hall–Kier alpha value is -2.79. The van der Waals surface area contributed by atoms with Crippen LogP contribution in [0.3, 0.4) is 0 Å². The van der Waals surface area contributed by atoms with Crippen molar-refractivity contribution in [3.05, 3.63) is 65.7 Å². The van der Waals surface area contributed by atoms with E-state index in [2.05, 4.69) is 10.6 Å². The third-order valence-corrected chi connectivity index (χ3v) is 4.60. The summed E-state index contributed by atoms with van der Waals surface area (Å²) in [4.78, 5) is 25.3. The Morgan fingerprint density at radius 2 is 1.23 bits per heavy atom. The van der Waals surface area contributed by atoms with Crippen molar-refractivity contribution in [3.63, 3.8) is 0 Å². The molecule has 134 valence electrons. The van der Waals surface area contributed by atoms with Crippen LogP contribution < -0.4 is 10.6 Å². The van der Waals surface area contributed by atoms with E-state index < -0.39 is 11.8 Å². The number of carbonyl (C=O) groups is 2. The number of aromatic hydroxyl groups is 1. The number of allylic oxidation sites excluding steroid dienone is 2. The summed E-state index contributed by atoms with van der Waals surface area (Å²) in [6.07, 6.45) is 4.86. The molecular formula is C20H19ClN2O3. The molecule has 1 aliphatic rings. The zero-order valence-electron chi connectivity index (χ0n) is 14.0. The van der Waals surface area contributed by atoms with Gasteiger partial charge in [0.2, 0.25) is 11.8 Å². The molecule has 1 aliphatic carbocycles. The highest BCUT2D eigenvalue weighted by atomic mass is 35.5. The van der Waals surface area contributed by atoms with Crippen LogP contribution in [-0.2, 0) is 9.59 Å². The Morgan fingerprint density at radius 1 is 0.808 bits per heavy atom. The lowest BCUT2D eigenvalue weighted by molar-refractivity contribution is -0.129. The molecule has 0 fully saturated rings. The van der Waals surface area contributed by atoms with Crippen LogP contribution in [-0.4, -0.2) is 16.9 Å². The Labute approximate surface area is 156 Å². The Morgan fingerprint density at radius 3 is 1.69 bits per heavy atom. The van der Waals surface area contributed by atoms with Crippen LogP contribution >= 0.6 is 11.6 Å². The van der Waals surface area contributed by atoms with Gasteiger partial charge >= 0.3 is 0 Å². The molecule has 2 unspecified atom stereocenters. The summed E-state index contributed by atoms with van der Waals surface area (Å²) in [5.74, 6) is -1.18. The zero-order valence-corrected chi connectivity index (χ0v) is 14.7. The van der Waals surface area contributed by atoms with E-state index >= 15 is 0 Å². The van der Waals surface area contributed by atoms with Gasteiger partial charge in [-0.05, 0) is 61.4 Å². The first-order valence-electron chi connectivity index (χ1n) is 8.34. The van der Waals surface area contributed by atoms with E-state index in [1.807, 2.05) is 12.2 Å². The first-order valence-corrected chi connectivity index (χ1v) is 8.72. The van der Waals surface area contributed by atoms with Crippen LogP contribution in [0, 0.1) is 11.8 Å². The first kappa shape index (κ1) is 18.0. The van der Waals surface area contributed by atoms with Crippen molar-refractivity contribution < 1.29 is 14.7 Å². The molecule has 5 nitrogen and oxygen atoms in total. The molecule has 2 atom stereocenters. The molecule has 2 aromatic rings. The molecule has 0 saturated carbocycles. The van der Waals surface area contributed by atoms with E-state index in [0.29, 0.717) is 29.2 Å². The van der Waals surface area contributed by atoms with Crippen molar-refractivity contribution in [3.8, 4) is 5.75 Å². The minimum atomic E-state index is -0.457. The van der Waals surface area contributed by atoms with E-state index in [9.17, 15) is 14.7 Å². The third-order valence-electron chi connectivity index (χ3n) is 4.35. The van der Waals surface area contributed by atoms with Gasteiger partial charge in [0.1, 0.15) is 5.75 Å². The van der Waals surface area contributed by atoms with Gasteiger partial charge in [-0.15, -0.1) is 0 Å². The smallest absolute Gasteiger partial charge is 0.228 e. The maximum Gasteiger partial charge on any atom is 0.228 e. The van der Waals surface area contributed by atoms with E-state index in [1.54, 1.807) is 36.4 Å². The molecule has 0 bridgehead atoms. The normalized spacial score (nSPS) is 19.0. The topological polar surface area (TPSA) is 78.4 Å². The molecule has 2 aromatic carbocycles. The highest BCUT2D eigenvalue weighted by Gasteiger charge is 2.34. The second-order valence-corrected chi connectivity index (χ2v) is 6.62. The number of nitrogens with one attached hydrogen (secondary N) is 2. The number of rotatable bonds is 4. The van der Waals surface area contributed by atoms with Gasteiger partial charge in [-0.1, -0.05) is 23.8 Å². The van der Waals surface area contributed by atoms with Crippen molar-refractivity contribution >= 4 is 34.8 Å². The summed E-state index contributed by atoms with van der Waals surface area (Å²) < 4.78 is 0. The fraction of sp³-hybridized carbons (Fsp3) is 0.200. The Balaban J connectivity index is 1.69. The van der Waals surface area contributed by atoms with Gasteiger partial charge in [0, 0.05) is 16.4 Å².